The van der Waals surface area contributed by atoms with Crippen LogP contribution in [-0.2, 0) is 6.18 Å². The first-order valence-corrected chi connectivity index (χ1v) is 6.88. The fourth-order valence-electron chi connectivity index (χ4n) is 1.55. The lowest BCUT2D eigenvalue weighted by Crippen LogP contribution is -2.31. The normalized spacial score (nSPS) is 12.0. The summed E-state index contributed by atoms with van der Waals surface area (Å²) in [6.45, 7) is 7.60. The number of likely N-dealkylation sites (N-methyl/N-ethyl adjacent to an activating group) is 1. The Balaban J connectivity index is 2.78. The van der Waals surface area contributed by atoms with Gasteiger partial charge in [0.1, 0.15) is 11.6 Å². The van der Waals surface area contributed by atoms with Gasteiger partial charge in [-0.15, -0.1) is 0 Å². The van der Waals surface area contributed by atoms with E-state index in [0.717, 1.165) is 0 Å². The van der Waals surface area contributed by atoms with Gasteiger partial charge in [-0.1, -0.05) is 0 Å². The SMILES string of the molecule is CCNc1cc(NCCN(C)C(C)C)nc(C(F)(F)F)n1. The molecule has 0 fully saturated rings. The third kappa shape index (κ3) is 5.74. The Morgan fingerprint density at radius 1 is 1.19 bits per heavy atom. The van der Waals surface area contributed by atoms with Gasteiger partial charge in [-0.2, -0.15) is 13.2 Å². The first-order chi connectivity index (χ1) is 9.74. The summed E-state index contributed by atoms with van der Waals surface area (Å²) in [6.07, 6.45) is -4.56. The third-order valence-corrected chi connectivity index (χ3v) is 2.99. The van der Waals surface area contributed by atoms with Crippen molar-refractivity contribution in [2.45, 2.75) is 33.0 Å². The highest BCUT2D eigenvalue weighted by molar-refractivity contribution is 5.47. The Morgan fingerprint density at radius 2 is 1.76 bits per heavy atom. The molecule has 0 aliphatic heterocycles. The Bertz CT molecular complexity index is 448. The second-order valence-electron chi connectivity index (χ2n) is 4.99. The summed E-state index contributed by atoms with van der Waals surface area (Å²) in [5, 5.41) is 5.69. The first-order valence-electron chi connectivity index (χ1n) is 6.88. The van der Waals surface area contributed by atoms with Gasteiger partial charge in [0.25, 0.3) is 0 Å². The Hall–Kier alpha value is -1.57. The first kappa shape index (κ1) is 17.5. The highest BCUT2D eigenvalue weighted by Gasteiger charge is 2.35. The molecule has 0 amide bonds. The summed E-state index contributed by atoms with van der Waals surface area (Å²) < 4.78 is 38.3. The van der Waals surface area contributed by atoms with Gasteiger partial charge in [0.2, 0.25) is 5.82 Å². The van der Waals surface area contributed by atoms with E-state index in [2.05, 4.69) is 39.3 Å². The summed E-state index contributed by atoms with van der Waals surface area (Å²) in [5.41, 5.74) is 0. The van der Waals surface area contributed by atoms with Crippen LogP contribution in [0.15, 0.2) is 6.07 Å². The van der Waals surface area contributed by atoms with Crippen molar-refractivity contribution >= 4 is 11.6 Å². The van der Waals surface area contributed by atoms with E-state index in [0.29, 0.717) is 25.7 Å². The van der Waals surface area contributed by atoms with Crippen LogP contribution in [0.5, 0.6) is 0 Å². The number of anilines is 2. The maximum Gasteiger partial charge on any atom is 0.451 e. The lowest BCUT2D eigenvalue weighted by molar-refractivity contribution is -0.144. The van der Waals surface area contributed by atoms with Crippen molar-refractivity contribution in [2.24, 2.45) is 0 Å². The van der Waals surface area contributed by atoms with Gasteiger partial charge in [-0.3, -0.25) is 0 Å². The largest absolute Gasteiger partial charge is 0.451 e. The highest BCUT2D eigenvalue weighted by atomic mass is 19.4. The van der Waals surface area contributed by atoms with Gasteiger partial charge in [0.15, 0.2) is 0 Å². The Labute approximate surface area is 123 Å². The van der Waals surface area contributed by atoms with Crippen molar-refractivity contribution in [3.63, 3.8) is 0 Å². The standard InChI is InChI=1S/C13H22F3N5/c1-5-17-10-8-11(18-6-7-21(4)9(2)3)20-12(19-10)13(14,15)16/h8-9H,5-7H2,1-4H3,(H2,17,18,19,20). The molecule has 0 saturated heterocycles. The van der Waals surface area contributed by atoms with E-state index in [-0.39, 0.29) is 11.6 Å². The fraction of sp³-hybridized carbons (Fsp3) is 0.692. The molecule has 120 valence electrons. The number of aromatic nitrogens is 2. The van der Waals surface area contributed by atoms with Crippen LogP contribution in [0.4, 0.5) is 24.8 Å². The van der Waals surface area contributed by atoms with Crippen LogP contribution in [0.2, 0.25) is 0 Å². The van der Waals surface area contributed by atoms with Crippen LogP contribution in [-0.4, -0.2) is 47.6 Å². The van der Waals surface area contributed by atoms with E-state index in [4.69, 9.17) is 0 Å². The van der Waals surface area contributed by atoms with E-state index < -0.39 is 12.0 Å². The van der Waals surface area contributed by atoms with Crippen LogP contribution in [0.1, 0.15) is 26.6 Å². The minimum atomic E-state index is -4.56. The van der Waals surface area contributed by atoms with E-state index in [1.165, 1.54) is 6.07 Å². The molecular weight excluding hydrogens is 283 g/mol. The summed E-state index contributed by atoms with van der Waals surface area (Å²) in [5.74, 6) is -0.800. The maximum atomic E-state index is 12.8. The highest BCUT2D eigenvalue weighted by Crippen LogP contribution is 2.28. The molecule has 1 heterocycles. The van der Waals surface area contributed by atoms with Gasteiger partial charge in [0, 0.05) is 31.7 Å². The number of halogens is 3. The molecule has 0 bridgehead atoms. The summed E-state index contributed by atoms with van der Waals surface area (Å²) in [6, 6.07) is 1.86. The molecule has 2 N–H and O–H groups in total. The van der Waals surface area contributed by atoms with Gasteiger partial charge >= 0.3 is 6.18 Å². The molecule has 1 rings (SSSR count). The molecule has 8 heteroatoms. The number of nitrogens with one attached hydrogen (secondary N) is 2. The second kappa shape index (κ2) is 7.44. The Morgan fingerprint density at radius 3 is 2.24 bits per heavy atom. The number of rotatable bonds is 7. The second-order valence-corrected chi connectivity index (χ2v) is 4.99. The van der Waals surface area contributed by atoms with Crippen LogP contribution in [0.3, 0.4) is 0 Å². The van der Waals surface area contributed by atoms with Gasteiger partial charge in [-0.25, -0.2) is 9.97 Å². The topological polar surface area (TPSA) is 53.1 Å². The van der Waals surface area contributed by atoms with E-state index in [1.807, 2.05) is 7.05 Å². The molecule has 0 aliphatic rings. The van der Waals surface area contributed by atoms with Crippen LogP contribution in [0, 0.1) is 0 Å². The minimum Gasteiger partial charge on any atom is -0.370 e. The fourth-order valence-corrected chi connectivity index (χ4v) is 1.55. The number of hydrogen-bond acceptors (Lipinski definition) is 5. The van der Waals surface area contributed by atoms with E-state index >= 15 is 0 Å². The van der Waals surface area contributed by atoms with E-state index in [9.17, 15) is 13.2 Å². The molecule has 0 aromatic carbocycles. The van der Waals surface area contributed by atoms with Gasteiger partial charge < -0.3 is 15.5 Å². The quantitative estimate of drug-likeness (QED) is 0.811. The van der Waals surface area contributed by atoms with Gasteiger partial charge in [0.05, 0.1) is 0 Å². The lowest BCUT2D eigenvalue weighted by atomic mass is 10.3. The number of hydrogen-bond donors (Lipinski definition) is 2. The predicted octanol–water partition coefficient (Wildman–Crippen LogP) is 2.68. The zero-order valence-electron chi connectivity index (χ0n) is 12.8. The van der Waals surface area contributed by atoms with Crippen molar-refractivity contribution in [1.29, 1.82) is 0 Å². The zero-order chi connectivity index (χ0) is 16.0. The van der Waals surface area contributed by atoms with Crippen LogP contribution >= 0.6 is 0 Å². The summed E-state index contributed by atoms with van der Waals surface area (Å²) >= 11 is 0. The van der Waals surface area contributed by atoms with Crippen molar-refractivity contribution in [3.05, 3.63) is 11.9 Å². The zero-order valence-corrected chi connectivity index (χ0v) is 12.8. The third-order valence-electron chi connectivity index (χ3n) is 2.99. The molecule has 1 aromatic rings. The smallest absolute Gasteiger partial charge is 0.370 e. The van der Waals surface area contributed by atoms with Crippen molar-refractivity contribution in [2.75, 3.05) is 37.3 Å². The van der Waals surface area contributed by atoms with Crippen LogP contribution < -0.4 is 10.6 Å². The molecule has 0 unspecified atom stereocenters. The molecule has 0 spiro atoms. The number of alkyl halides is 3. The molecule has 0 atom stereocenters. The number of nitrogens with zero attached hydrogens (tertiary/aromatic N) is 3. The van der Waals surface area contributed by atoms with Gasteiger partial charge in [-0.05, 0) is 27.8 Å². The Kier molecular flexibility index (Phi) is 6.19. The summed E-state index contributed by atoms with van der Waals surface area (Å²) in [4.78, 5) is 9.08. The molecule has 21 heavy (non-hydrogen) atoms. The van der Waals surface area contributed by atoms with Crippen molar-refractivity contribution < 1.29 is 13.2 Å². The molecule has 5 nitrogen and oxygen atoms in total. The molecule has 0 saturated carbocycles. The van der Waals surface area contributed by atoms with Crippen molar-refractivity contribution in [1.82, 2.24) is 14.9 Å². The molecule has 1 aromatic heterocycles. The average Bonchev–Trinajstić information content (AvgIpc) is 2.37. The average molecular weight is 305 g/mol. The molecule has 0 aliphatic carbocycles. The maximum absolute atomic E-state index is 12.8. The monoisotopic (exact) mass is 305 g/mol. The molecular formula is C13H22F3N5. The lowest BCUT2D eigenvalue weighted by Gasteiger charge is -2.21. The predicted molar refractivity (Wildman–Crippen MR) is 77.5 cm³/mol. The summed E-state index contributed by atoms with van der Waals surface area (Å²) in [7, 11) is 1.96. The van der Waals surface area contributed by atoms with E-state index in [1.54, 1.807) is 6.92 Å². The minimum absolute atomic E-state index is 0.166. The molecule has 0 radical (unpaired) electrons. The van der Waals surface area contributed by atoms with Crippen LogP contribution in [0.25, 0.3) is 0 Å². The van der Waals surface area contributed by atoms with Crippen molar-refractivity contribution in [3.8, 4) is 0 Å².